The van der Waals surface area contributed by atoms with Gasteiger partial charge in [0.25, 0.3) is 10.0 Å². The van der Waals surface area contributed by atoms with Gasteiger partial charge in [-0.25, -0.2) is 13.2 Å². The number of anilines is 1. The first-order chi connectivity index (χ1) is 9.29. The quantitative estimate of drug-likeness (QED) is 0.791. The van der Waals surface area contributed by atoms with E-state index in [1.54, 1.807) is 13.8 Å². The smallest absolute Gasteiger partial charge is 0.335 e. The van der Waals surface area contributed by atoms with Crippen molar-refractivity contribution in [2.45, 2.75) is 18.7 Å². The van der Waals surface area contributed by atoms with Gasteiger partial charge in [-0.15, -0.1) is 0 Å². The van der Waals surface area contributed by atoms with Crippen molar-refractivity contribution in [1.82, 2.24) is 10.2 Å². The van der Waals surface area contributed by atoms with Crippen LogP contribution in [0.25, 0.3) is 0 Å². The third-order valence-corrected chi connectivity index (χ3v) is 4.05. The first kappa shape index (κ1) is 14.1. The molecule has 20 heavy (non-hydrogen) atoms. The van der Waals surface area contributed by atoms with Crippen LogP contribution >= 0.6 is 0 Å². The molecule has 106 valence electrons. The average molecular weight is 295 g/mol. The Balaban J connectivity index is 2.39. The minimum absolute atomic E-state index is 0.0499. The van der Waals surface area contributed by atoms with Gasteiger partial charge in [-0.05, 0) is 31.5 Å². The van der Waals surface area contributed by atoms with Crippen molar-refractivity contribution in [1.29, 1.82) is 0 Å². The summed E-state index contributed by atoms with van der Waals surface area (Å²) in [6.07, 6.45) is 0. The second kappa shape index (κ2) is 4.97. The number of aromatic carboxylic acids is 1. The molecule has 0 saturated heterocycles. The molecule has 1 heterocycles. The summed E-state index contributed by atoms with van der Waals surface area (Å²) in [5.74, 6) is -1.02. The second-order valence-corrected chi connectivity index (χ2v) is 6.01. The summed E-state index contributed by atoms with van der Waals surface area (Å²) in [4.78, 5) is 10.9. The summed E-state index contributed by atoms with van der Waals surface area (Å²) in [6, 6.07) is 5.46. The van der Waals surface area contributed by atoms with Crippen LogP contribution in [0.15, 0.2) is 29.2 Å². The van der Waals surface area contributed by atoms with Crippen molar-refractivity contribution >= 4 is 21.8 Å². The van der Waals surface area contributed by atoms with Gasteiger partial charge >= 0.3 is 5.97 Å². The summed E-state index contributed by atoms with van der Waals surface area (Å²) < 4.78 is 26.6. The van der Waals surface area contributed by atoms with Crippen LogP contribution in [0.3, 0.4) is 0 Å². The van der Waals surface area contributed by atoms with E-state index in [0.717, 1.165) is 6.07 Å². The van der Waals surface area contributed by atoms with Crippen LogP contribution in [-0.4, -0.2) is 29.7 Å². The number of hydrogen-bond donors (Lipinski definition) is 3. The predicted octanol–water partition coefficient (Wildman–Crippen LogP) is 1.53. The van der Waals surface area contributed by atoms with E-state index in [4.69, 9.17) is 5.11 Å². The minimum Gasteiger partial charge on any atom is -0.478 e. The lowest BCUT2D eigenvalue weighted by Crippen LogP contribution is -2.14. The Bertz CT molecular complexity index is 765. The third kappa shape index (κ3) is 2.80. The maximum absolute atomic E-state index is 12.1. The molecular weight excluding hydrogens is 282 g/mol. The van der Waals surface area contributed by atoms with E-state index < -0.39 is 16.0 Å². The van der Waals surface area contributed by atoms with Crippen LogP contribution in [0.5, 0.6) is 0 Å². The standard InChI is InChI=1S/C12H13N3O4S/c1-7-3-4-9(6-10(7)12(16)17)20(18,19)15-11-5-8(2)13-14-11/h3-6H,1-2H3,(H,16,17)(H2,13,14,15). The van der Waals surface area contributed by atoms with Gasteiger partial charge in [0, 0.05) is 11.8 Å². The number of carbonyl (C=O) groups is 1. The van der Waals surface area contributed by atoms with E-state index in [9.17, 15) is 13.2 Å². The lowest BCUT2D eigenvalue weighted by atomic mass is 10.1. The molecule has 0 radical (unpaired) electrons. The zero-order valence-corrected chi connectivity index (χ0v) is 11.7. The lowest BCUT2D eigenvalue weighted by Gasteiger charge is -2.07. The van der Waals surface area contributed by atoms with Crippen molar-refractivity contribution in [3.63, 3.8) is 0 Å². The monoisotopic (exact) mass is 295 g/mol. The molecule has 8 heteroatoms. The maximum Gasteiger partial charge on any atom is 0.335 e. The summed E-state index contributed by atoms with van der Waals surface area (Å²) in [7, 11) is -3.87. The van der Waals surface area contributed by atoms with Crippen LogP contribution in [0, 0.1) is 13.8 Å². The molecule has 0 aliphatic carbocycles. The SMILES string of the molecule is Cc1cc(NS(=O)(=O)c2ccc(C)c(C(=O)O)c2)n[nH]1. The highest BCUT2D eigenvalue weighted by molar-refractivity contribution is 7.92. The largest absolute Gasteiger partial charge is 0.478 e. The van der Waals surface area contributed by atoms with Gasteiger partial charge in [0.05, 0.1) is 10.5 Å². The maximum atomic E-state index is 12.1. The number of aryl methyl sites for hydroxylation is 2. The first-order valence-electron chi connectivity index (χ1n) is 5.68. The van der Waals surface area contributed by atoms with E-state index >= 15 is 0 Å². The van der Waals surface area contributed by atoms with Crippen molar-refractivity contribution in [3.8, 4) is 0 Å². The summed E-state index contributed by atoms with van der Waals surface area (Å²) in [5, 5.41) is 15.4. The van der Waals surface area contributed by atoms with E-state index in [1.807, 2.05) is 0 Å². The zero-order valence-electron chi connectivity index (χ0n) is 10.8. The number of rotatable bonds is 4. The minimum atomic E-state index is -3.87. The Hall–Kier alpha value is -2.35. The van der Waals surface area contributed by atoms with Gasteiger partial charge in [0.2, 0.25) is 0 Å². The number of hydrogen-bond acceptors (Lipinski definition) is 4. The fourth-order valence-corrected chi connectivity index (χ4v) is 2.68. The van der Waals surface area contributed by atoms with Crippen molar-refractivity contribution in [2.75, 3.05) is 4.72 Å². The molecule has 1 aromatic heterocycles. The van der Waals surface area contributed by atoms with Crippen LogP contribution in [0.4, 0.5) is 5.82 Å². The predicted molar refractivity (Wildman–Crippen MR) is 72.3 cm³/mol. The van der Waals surface area contributed by atoms with Gasteiger partial charge < -0.3 is 5.11 Å². The summed E-state index contributed by atoms with van der Waals surface area (Å²) >= 11 is 0. The number of sulfonamides is 1. The molecule has 0 bridgehead atoms. The Morgan fingerprint density at radius 3 is 2.55 bits per heavy atom. The number of nitrogens with one attached hydrogen (secondary N) is 2. The first-order valence-corrected chi connectivity index (χ1v) is 7.17. The second-order valence-electron chi connectivity index (χ2n) is 4.32. The lowest BCUT2D eigenvalue weighted by molar-refractivity contribution is 0.0696. The topological polar surface area (TPSA) is 112 Å². The molecular formula is C12H13N3O4S. The average Bonchev–Trinajstić information content (AvgIpc) is 2.73. The molecule has 0 atom stereocenters. The molecule has 2 rings (SSSR count). The number of carboxylic acid groups (broad SMARTS) is 1. The molecule has 0 fully saturated rings. The van der Waals surface area contributed by atoms with Crippen LogP contribution in [0.2, 0.25) is 0 Å². The Kier molecular flexibility index (Phi) is 3.49. The molecule has 0 aliphatic heterocycles. The van der Waals surface area contributed by atoms with Crippen LogP contribution in [-0.2, 0) is 10.0 Å². The molecule has 7 nitrogen and oxygen atoms in total. The van der Waals surface area contributed by atoms with E-state index in [2.05, 4.69) is 14.9 Å². The van der Waals surface area contributed by atoms with Gasteiger partial charge in [-0.1, -0.05) is 6.07 Å². The highest BCUT2D eigenvalue weighted by Gasteiger charge is 2.18. The Morgan fingerprint density at radius 1 is 1.30 bits per heavy atom. The zero-order chi connectivity index (χ0) is 14.9. The van der Waals surface area contributed by atoms with Gasteiger partial charge in [0.1, 0.15) is 0 Å². The molecule has 0 spiro atoms. The van der Waals surface area contributed by atoms with Gasteiger partial charge in [-0.2, -0.15) is 5.10 Å². The van der Waals surface area contributed by atoms with E-state index in [-0.39, 0.29) is 16.3 Å². The number of nitrogens with zero attached hydrogens (tertiary/aromatic N) is 1. The Labute approximate surface area is 115 Å². The van der Waals surface area contributed by atoms with Crippen LogP contribution in [0.1, 0.15) is 21.6 Å². The highest BCUT2D eigenvalue weighted by atomic mass is 32.2. The fourth-order valence-electron chi connectivity index (χ4n) is 1.67. The molecule has 2 aromatic rings. The van der Waals surface area contributed by atoms with Crippen LogP contribution < -0.4 is 4.72 Å². The number of aromatic amines is 1. The number of carboxylic acids is 1. The summed E-state index contributed by atoms with van der Waals surface area (Å²) in [5.41, 5.74) is 1.15. The van der Waals surface area contributed by atoms with Crippen molar-refractivity contribution < 1.29 is 18.3 Å². The van der Waals surface area contributed by atoms with Crippen molar-refractivity contribution in [2.24, 2.45) is 0 Å². The normalized spacial score (nSPS) is 11.3. The van der Waals surface area contributed by atoms with Gasteiger partial charge in [0.15, 0.2) is 5.82 Å². The fraction of sp³-hybridized carbons (Fsp3) is 0.167. The number of benzene rings is 1. The third-order valence-electron chi connectivity index (χ3n) is 2.69. The molecule has 0 saturated carbocycles. The molecule has 3 N–H and O–H groups in total. The Morgan fingerprint density at radius 2 is 2.00 bits per heavy atom. The number of aromatic nitrogens is 2. The molecule has 0 unspecified atom stereocenters. The number of H-pyrrole nitrogens is 1. The van der Waals surface area contributed by atoms with E-state index in [0.29, 0.717) is 11.3 Å². The molecule has 0 aliphatic rings. The molecule has 0 amide bonds. The van der Waals surface area contributed by atoms with E-state index in [1.165, 1.54) is 18.2 Å². The molecule has 1 aromatic carbocycles. The highest BCUT2D eigenvalue weighted by Crippen LogP contribution is 2.18. The summed E-state index contributed by atoms with van der Waals surface area (Å²) in [6.45, 7) is 3.34. The van der Waals surface area contributed by atoms with Crippen molar-refractivity contribution in [3.05, 3.63) is 41.1 Å². The van der Waals surface area contributed by atoms with Gasteiger partial charge in [-0.3, -0.25) is 9.82 Å².